The Morgan fingerprint density at radius 3 is 2.89 bits per heavy atom. The van der Waals surface area contributed by atoms with E-state index in [4.69, 9.17) is 0 Å². The summed E-state index contributed by atoms with van der Waals surface area (Å²) >= 11 is 0. The van der Waals surface area contributed by atoms with Gasteiger partial charge in [0.1, 0.15) is 0 Å². The Morgan fingerprint density at radius 2 is 2.44 bits per heavy atom. The van der Waals surface area contributed by atoms with Crippen molar-refractivity contribution in [3.8, 4) is 0 Å². The lowest BCUT2D eigenvalue weighted by atomic mass is 10.0. The van der Waals surface area contributed by atoms with E-state index >= 15 is 0 Å². The van der Waals surface area contributed by atoms with Crippen molar-refractivity contribution in [2.24, 2.45) is 0 Å². The molecular formula is C8H13N. The molecule has 1 atom stereocenters. The van der Waals surface area contributed by atoms with Crippen LogP contribution < -0.4 is 5.32 Å². The minimum Gasteiger partial charge on any atom is -0.383 e. The van der Waals surface area contributed by atoms with Gasteiger partial charge >= 0.3 is 0 Å². The molecule has 0 radical (unpaired) electrons. The molecule has 0 aromatic heterocycles. The van der Waals surface area contributed by atoms with Crippen LogP contribution in [-0.4, -0.2) is 6.04 Å². The molecule has 1 aliphatic rings. The molecule has 0 amide bonds. The predicted molar refractivity (Wildman–Crippen MR) is 40.1 cm³/mol. The highest BCUT2D eigenvalue weighted by molar-refractivity contribution is 5.02. The highest BCUT2D eigenvalue weighted by Gasteiger charge is 2.09. The molecule has 1 rings (SSSR count). The van der Waals surface area contributed by atoms with Crippen LogP contribution in [0.5, 0.6) is 0 Å². The highest BCUT2D eigenvalue weighted by atomic mass is 14.9. The summed E-state index contributed by atoms with van der Waals surface area (Å²) in [4.78, 5) is 0. The lowest BCUT2D eigenvalue weighted by molar-refractivity contribution is 0.515. The predicted octanol–water partition coefficient (Wildman–Crippen LogP) is 1.83. The van der Waals surface area contributed by atoms with Crippen LogP contribution >= 0.6 is 0 Å². The molecule has 0 aromatic carbocycles. The van der Waals surface area contributed by atoms with Crippen LogP contribution in [0.2, 0.25) is 0 Å². The molecule has 1 saturated heterocycles. The average molecular weight is 123 g/mol. The quantitative estimate of drug-likeness (QED) is 0.524. The lowest BCUT2D eigenvalue weighted by Gasteiger charge is -2.22. The van der Waals surface area contributed by atoms with Crippen LogP contribution in [0.1, 0.15) is 19.3 Å². The smallest absolute Gasteiger partial charge is 0.0438 e. The zero-order chi connectivity index (χ0) is 6.69. The van der Waals surface area contributed by atoms with E-state index in [1.165, 1.54) is 12.8 Å². The van der Waals surface area contributed by atoms with Crippen LogP contribution in [0.25, 0.3) is 0 Å². The third-order valence-electron chi connectivity index (χ3n) is 1.67. The average Bonchev–Trinajstić information content (AvgIpc) is 1.88. The van der Waals surface area contributed by atoms with E-state index in [1.54, 1.807) is 0 Å². The standard InChI is InChI=1S/C8H13N/c1-3-8-6-4-5-7(2)9-8/h3,8-9H,1-2,4-6H2. The van der Waals surface area contributed by atoms with Crippen LogP contribution in [0.3, 0.4) is 0 Å². The third kappa shape index (κ3) is 1.60. The molecule has 0 spiro atoms. The summed E-state index contributed by atoms with van der Waals surface area (Å²) in [5, 5.41) is 3.25. The summed E-state index contributed by atoms with van der Waals surface area (Å²) in [7, 11) is 0. The van der Waals surface area contributed by atoms with E-state index in [0.717, 1.165) is 12.1 Å². The summed E-state index contributed by atoms with van der Waals surface area (Å²) in [6, 6.07) is 0.478. The van der Waals surface area contributed by atoms with Crippen molar-refractivity contribution in [2.45, 2.75) is 25.3 Å². The van der Waals surface area contributed by atoms with E-state index < -0.39 is 0 Å². The van der Waals surface area contributed by atoms with E-state index in [0.29, 0.717) is 6.04 Å². The maximum absolute atomic E-state index is 3.85. The second-order valence-corrected chi connectivity index (χ2v) is 2.48. The zero-order valence-corrected chi connectivity index (χ0v) is 5.69. The molecule has 1 heterocycles. The Balaban J connectivity index is 2.40. The number of hydrogen-bond acceptors (Lipinski definition) is 1. The molecule has 0 saturated carbocycles. The fourth-order valence-corrected chi connectivity index (χ4v) is 1.12. The van der Waals surface area contributed by atoms with Gasteiger partial charge in [0.2, 0.25) is 0 Å². The Labute approximate surface area is 56.5 Å². The van der Waals surface area contributed by atoms with E-state index in [1.807, 2.05) is 6.08 Å². The van der Waals surface area contributed by atoms with Crippen molar-refractivity contribution in [3.63, 3.8) is 0 Å². The lowest BCUT2D eigenvalue weighted by Crippen LogP contribution is -2.29. The minimum atomic E-state index is 0.478. The summed E-state index contributed by atoms with van der Waals surface area (Å²) in [5.74, 6) is 0. The zero-order valence-electron chi connectivity index (χ0n) is 5.69. The molecule has 1 heteroatoms. The molecular weight excluding hydrogens is 110 g/mol. The molecule has 0 aromatic rings. The molecule has 1 aliphatic heterocycles. The Kier molecular flexibility index (Phi) is 1.93. The molecule has 1 fully saturated rings. The van der Waals surface area contributed by atoms with E-state index in [-0.39, 0.29) is 0 Å². The first-order chi connectivity index (χ1) is 4.33. The van der Waals surface area contributed by atoms with Crippen LogP contribution in [0.15, 0.2) is 24.9 Å². The number of rotatable bonds is 1. The molecule has 50 valence electrons. The topological polar surface area (TPSA) is 12.0 Å². The SMILES string of the molecule is C=CC1CCCC(=C)N1. The molecule has 1 nitrogen and oxygen atoms in total. The number of hydrogen-bond donors (Lipinski definition) is 1. The fraction of sp³-hybridized carbons (Fsp3) is 0.500. The fourth-order valence-electron chi connectivity index (χ4n) is 1.12. The minimum absolute atomic E-state index is 0.478. The monoisotopic (exact) mass is 123 g/mol. The third-order valence-corrected chi connectivity index (χ3v) is 1.67. The first-order valence-electron chi connectivity index (χ1n) is 3.40. The van der Waals surface area contributed by atoms with Gasteiger partial charge in [-0.05, 0) is 19.3 Å². The maximum Gasteiger partial charge on any atom is 0.0438 e. The molecule has 0 bridgehead atoms. The van der Waals surface area contributed by atoms with Gasteiger partial charge in [-0.2, -0.15) is 0 Å². The van der Waals surface area contributed by atoms with Gasteiger partial charge in [-0.25, -0.2) is 0 Å². The van der Waals surface area contributed by atoms with Crippen molar-refractivity contribution in [1.29, 1.82) is 0 Å². The van der Waals surface area contributed by atoms with Crippen molar-refractivity contribution < 1.29 is 0 Å². The summed E-state index contributed by atoms with van der Waals surface area (Å²) in [6.07, 6.45) is 5.54. The highest BCUT2D eigenvalue weighted by Crippen LogP contribution is 2.13. The van der Waals surface area contributed by atoms with Gasteiger partial charge in [0, 0.05) is 11.7 Å². The first-order valence-corrected chi connectivity index (χ1v) is 3.40. The van der Waals surface area contributed by atoms with Gasteiger partial charge in [-0.1, -0.05) is 12.7 Å². The number of nitrogens with one attached hydrogen (secondary N) is 1. The molecule has 9 heavy (non-hydrogen) atoms. The van der Waals surface area contributed by atoms with Crippen molar-refractivity contribution in [1.82, 2.24) is 5.32 Å². The van der Waals surface area contributed by atoms with Crippen LogP contribution in [0.4, 0.5) is 0 Å². The van der Waals surface area contributed by atoms with Crippen molar-refractivity contribution in [2.75, 3.05) is 0 Å². The maximum atomic E-state index is 3.85. The summed E-state index contributed by atoms with van der Waals surface area (Å²) in [6.45, 7) is 7.57. The van der Waals surface area contributed by atoms with Gasteiger partial charge in [-0.15, -0.1) is 6.58 Å². The number of allylic oxidation sites excluding steroid dienone is 1. The van der Waals surface area contributed by atoms with Gasteiger partial charge in [-0.3, -0.25) is 0 Å². The second-order valence-electron chi connectivity index (χ2n) is 2.48. The van der Waals surface area contributed by atoms with Crippen molar-refractivity contribution in [3.05, 3.63) is 24.9 Å². The Bertz CT molecular complexity index is 127. The summed E-state index contributed by atoms with van der Waals surface area (Å²) < 4.78 is 0. The first kappa shape index (κ1) is 6.40. The van der Waals surface area contributed by atoms with Gasteiger partial charge in [0.15, 0.2) is 0 Å². The molecule has 0 aliphatic carbocycles. The molecule has 1 unspecified atom stereocenters. The number of piperidine rings is 1. The van der Waals surface area contributed by atoms with Crippen LogP contribution in [0, 0.1) is 0 Å². The normalized spacial score (nSPS) is 27.1. The van der Waals surface area contributed by atoms with E-state index in [9.17, 15) is 0 Å². The Hall–Kier alpha value is -0.720. The van der Waals surface area contributed by atoms with Gasteiger partial charge in [0.25, 0.3) is 0 Å². The second kappa shape index (κ2) is 2.72. The van der Waals surface area contributed by atoms with Gasteiger partial charge < -0.3 is 5.32 Å². The Morgan fingerprint density at radius 1 is 1.67 bits per heavy atom. The van der Waals surface area contributed by atoms with E-state index in [2.05, 4.69) is 18.5 Å². The summed E-state index contributed by atoms with van der Waals surface area (Å²) in [5.41, 5.74) is 1.16. The van der Waals surface area contributed by atoms with Crippen molar-refractivity contribution >= 4 is 0 Å². The van der Waals surface area contributed by atoms with Gasteiger partial charge in [0.05, 0.1) is 0 Å². The van der Waals surface area contributed by atoms with Crippen LogP contribution in [-0.2, 0) is 0 Å². The largest absolute Gasteiger partial charge is 0.383 e. The molecule has 1 N–H and O–H groups in total.